The van der Waals surface area contributed by atoms with E-state index in [2.05, 4.69) is 5.32 Å². The Hall–Kier alpha value is -2.56. The van der Waals surface area contributed by atoms with Gasteiger partial charge in [0.05, 0.1) is 23.6 Å². The Kier molecular flexibility index (Phi) is 6.02. The Balaban J connectivity index is 2.06. The van der Waals surface area contributed by atoms with Crippen LogP contribution < -0.4 is 9.62 Å². The summed E-state index contributed by atoms with van der Waals surface area (Å²) in [5.41, 5.74) is 1.35. The summed E-state index contributed by atoms with van der Waals surface area (Å²) in [6.07, 6.45) is 1.04. The van der Waals surface area contributed by atoms with Crippen LogP contribution >= 0.6 is 11.6 Å². The fraction of sp³-hybridized carbons (Fsp3) is 0.176. The summed E-state index contributed by atoms with van der Waals surface area (Å²) in [7, 11) is -3.54. The van der Waals surface area contributed by atoms with E-state index in [1.54, 1.807) is 48.5 Å². The minimum absolute atomic E-state index is 0.00968. The monoisotopic (exact) mass is 377 g/mol. The Morgan fingerprint density at radius 2 is 1.92 bits per heavy atom. The lowest BCUT2D eigenvalue weighted by Gasteiger charge is -2.22. The van der Waals surface area contributed by atoms with Crippen molar-refractivity contribution in [2.24, 2.45) is 0 Å². The van der Waals surface area contributed by atoms with Gasteiger partial charge in [-0.25, -0.2) is 8.42 Å². The molecule has 0 spiro atoms. The zero-order valence-electron chi connectivity index (χ0n) is 13.4. The summed E-state index contributed by atoms with van der Waals surface area (Å²) in [5.74, 6) is -0.349. The van der Waals surface area contributed by atoms with E-state index in [0.717, 1.165) is 10.6 Å². The number of carbonyl (C=O) groups excluding carboxylic acids is 1. The van der Waals surface area contributed by atoms with E-state index in [1.807, 2.05) is 6.07 Å². The maximum absolute atomic E-state index is 12.1. The van der Waals surface area contributed by atoms with Gasteiger partial charge in [-0.2, -0.15) is 5.26 Å². The molecule has 25 heavy (non-hydrogen) atoms. The van der Waals surface area contributed by atoms with Crippen molar-refractivity contribution >= 4 is 38.9 Å². The van der Waals surface area contributed by atoms with Crippen molar-refractivity contribution < 1.29 is 13.2 Å². The smallest absolute Gasteiger partial charge is 0.232 e. The van der Waals surface area contributed by atoms with Gasteiger partial charge in [-0.15, -0.1) is 0 Å². The van der Waals surface area contributed by atoms with E-state index in [0.29, 0.717) is 22.0 Å². The number of nitrogens with zero attached hydrogens (tertiary/aromatic N) is 2. The van der Waals surface area contributed by atoms with Crippen molar-refractivity contribution in [2.75, 3.05) is 22.4 Å². The molecule has 0 aliphatic carbocycles. The summed E-state index contributed by atoms with van der Waals surface area (Å²) in [5, 5.41) is 12.0. The number of sulfonamides is 1. The number of nitriles is 1. The van der Waals surface area contributed by atoms with Gasteiger partial charge in [0.25, 0.3) is 0 Å². The molecule has 0 bridgehead atoms. The van der Waals surface area contributed by atoms with Gasteiger partial charge in [0.15, 0.2) is 0 Å². The second-order valence-electron chi connectivity index (χ2n) is 5.30. The molecule has 2 rings (SSSR count). The van der Waals surface area contributed by atoms with Crippen LogP contribution in [0, 0.1) is 11.3 Å². The quantitative estimate of drug-likeness (QED) is 0.837. The van der Waals surface area contributed by atoms with Crippen LogP contribution in [0.15, 0.2) is 48.5 Å². The number of benzene rings is 2. The molecular formula is C17H16ClN3O3S. The first-order valence-corrected chi connectivity index (χ1v) is 9.55. The summed E-state index contributed by atoms with van der Waals surface area (Å²) in [4.78, 5) is 12.1. The molecule has 0 aromatic heterocycles. The van der Waals surface area contributed by atoms with Crippen molar-refractivity contribution in [1.82, 2.24) is 0 Å². The Morgan fingerprint density at radius 1 is 1.24 bits per heavy atom. The zero-order chi connectivity index (χ0) is 18.4. The Bertz CT molecular complexity index is 905. The third-order valence-corrected chi connectivity index (χ3v) is 4.78. The summed E-state index contributed by atoms with van der Waals surface area (Å²) in [6.45, 7) is -0.00968. The SMILES string of the molecule is CS(=O)(=O)N(CCC(=O)Nc1cccc(C#N)c1)c1ccc(Cl)cc1. The topological polar surface area (TPSA) is 90.3 Å². The number of carbonyl (C=O) groups is 1. The normalized spacial score (nSPS) is 10.8. The zero-order valence-corrected chi connectivity index (χ0v) is 15.0. The number of hydrogen-bond acceptors (Lipinski definition) is 4. The molecule has 1 amide bonds. The van der Waals surface area contributed by atoms with Gasteiger partial charge in [0, 0.05) is 23.7 Å². The van der Waals surface area contributed by atoms with E-state index in [1.165, 1.54) is 0 Å². The van der Waals surface area contributed by atoms with E-state index in [-0.39, 0.29) is 18.9 Å². The van der Waals surface area contributed by atoms with Gasteiger partial charge in [0.2, 0.25) is 15.9 Å². The lowest BCUT2D eigenvalue weighted by Crippen LogP contribution is -2.33. The van der Waals surface area contributed by atoms with Crippen molar-refractivity contribution in [3.05, 3.63) is 59.1 Å². The van der Waals surface area contributed by atoms with Crippen LogP contribution in [0.1, 0.15) is 12.0 Å². The highest BCUT2D eigenvalue weighted by Gasteiger charge is 2.18. The fourth-order valence-corrected chi connectivity index (χ4v) is 3.24. The highest BCUT2D eigenvalue weighted by atomic mass is 35.5. The number of halogens is 1. The van der Waals surface area contributed by atoms with Crippen molar-refractivity contribution in [1.29, 1.82) is 5.26 Å². The number of amides is 1. The van der Waals surface area contributed by atoms with Gasteiger partial charge in [-0.3, -0.25) is 9.10 Å². The molecule has 0 aliphatic heterocycles. The Labute approximate surface area is 151 Å². The maximum atomic E-state index is 12.1. The van der Waals surface area contributed by atoms with Crippen LogP contribution in [0.2, 0.25) is 5.02 Å². The van der Waals surface area contributed by atoms with Crippen LogP contribution in [0.25, 0.3) is 0 Å². The molecule has 6 nitrogen and oxygen atoms in total. The highest BCUT2D eigenvalue weighted by Crippen LogP contribution is 2.21. The van der Waals surface area contributed by atoms with Crippen molar-refractivity contribution in [3.63, 3.8) is 0 Å². The second kappa shape index (κ2) is 8.01. The number of hydrogen-bond donors (Lipinski definition) is 1. The average Bonchev–Trinajstić information content (AvgIpc) is 2.55. The molecule has 0 saturated carbocycles. The lowest BCUT2D eigenvalue weighted by molar-refractivity contribution is -0.116. The summed E-state index contributed by atoms with van der Waals surface area (Å²) < 4.78 is 25.1. The molecule has 0 saturated heterocycles. The molecule has 0 aliphatic rings. The molecule has 0 atom stereocenters. The molecule has 130 valence electrons. The first kappa shape index (κ1) is 18.8. The van der Waals surface area contributed by atoms with Gasteiger partial charge in [-0.1, -0.05) is 17.7 Å². The molecule has 0 unspecified atom stereocenters. The van der Waals surface area contributed by atoms with Crippen LogP contribution in [0.3, 0.4) is 0 Å². The van der Waals surface area contributed by atoms with Gasteiger partial charge in [0.1, 0.15) is 0 Å². The van der Waals surface area contributed by atoms with Crippen molar-refractivity contribution in [2.45, 2.75) is 6.42 Å². The molecular weight excluding hydrogens is 362 g/mol. The van der Waals surface area contributed by atoms with Gasteiger partial charge in [-0.05, 0) is 42.5 Å². The van der Waals surface area contributed by atoms with Crippen LogP contribution in [-0.2, 0) is 14.8 Å². The van der Waals surface area contributed by atoms with Crippen LogP contribution in [0.4, 0.5) is 11.4 Å². The van der Waals surface area contributed by atoms with E-state index >= 15 is 0 Å². The maximum Gasteiger partial charge on any atom is 0.232 e. The highest BCUT2D eigenvalue weighted by molar-refractivity contribution is 7.92. The molecule has 0 heterocycles. The third-order valence-electron chi connectivity index (χ3n) is 3.33. The molecule has 2 aromatic carbocycles. The summed E-state index contributed by atoms with van der Waals surface area (Å²) in [6, 6.07) is 14.8. The van der Waals surface area contributed by atoms with Gasteiger partial charge < -0.3 is 5.32 Å². The second-order valence-corrected chi connectivity index (χ2v) is 7.65. The molecule has 8 heteroatoms. The predicted molar refractivity (Wildman–Crippen MR) is 98.0 cm³/mol. The molecule has 1 N–H and O–H groups in total. The number of rotatable bonds is 6. The molecule has 2 aromatic rings. The Morgan fingerprint density at radius 3 is 2.52 bits per heavy atom. The number of nitrogens with one attached hydrogen (secondary N) is 1. The minimum Gasteiger partial charge on any atom is -0.326 e. The van der Waals surface area contributed by atoms with E-state index < -0.39 is 10.0 Å². The summed E-state index contributed by atoms with van der Waals surface area (Å²) >= 11 is 5.82. The first-order chi connectivity index (χ1) is 11.8. The van der Waals surface area contributed by atoms with Crippen LogP contribution in [-0.4, -0.2) is 27.1 Å². The minimum atomic E-state index is -3.54. The average molecular weight is 378 g/mol. The molecule has 0 fully saturated rings. The fourth-order valence-electron chi connectivity index (χ4n) is 2.19. The lowest BCUT2D eigenvalue weighted by atomic mass is 10.2. The first-order valence-electron chi connectivity index (χ1n) is 7.33. The van der Waals surface area contributed by atoms with Crippen LogP contribution in [0.5, 0.6) is 0 Å². The van der Waals surface area contributed by atoms with Gasteiger partial charge >= 0.3 is 0 Å². The largest absolute Gasteiger partial charge is 0.326 e. The predicted octanol–water partition coefficient (Wildman–Crippen LogP) is 3.01. The number of anilines is 2. The standard InChI is InChI=1S/C17H16ClN3O3S/c1-25(23,24)21(16-7-5-14(18)6-8-16)10-9-17(22)20-15-4-2-3-13(11-15)12-19/h2-8,11H,9-10H2,1H3,(H,20,22). The van der Waals surface area contributed by atoms with E-state index in [9.17, 15) is 13.2 Å². The van der Waals surface area contributed by atoms with E-state index in [4.69, 9.17) is 16.9 Å². The third kappa shape index (κ3) is 5.48. The molecule has 0 radical (unpaired) electrons. The van der Waals surface area contributed by atoms with Crippen molar-refractivity contribution in [3.8, 4) is 6.07 Å².